The number of carbonyl (C=O) groups excluding carboxylic acids is 2. The third kappa shape index (κ3) is 2.84. The van der Waals surface area contributed by atoms with Gasteiger partial charge in [-0.05, 0) is 42.8 Å². The van der Waals surface area contributed by atoms with Gasteiger partial charge in [0.15, 0.2) is 5.82 Å². The van der Waals surface area contributed by atoms with E-state index in [2.05, 4.69) is 10.1 Å². The molecule has 1 fully saturated rings. The Kier molecular flexibility index (Phi) is 4.23. The lowest BCUT2D eigenvalue weighted by Gasteiger charge is -2.22. The van der Waals surface area contributed by atoms with Crippen molar-refractivity contribution in [3.63, 3.8) is 0 Å². The number of halogens is 1. The van der Waals surface area contributed by atoms with Gasteiger partial charge >= 0.3 is 5.91 Å². The van der Waals surface area contributed by atoms with E-state index in [-0.39, 0.29) is 17.0 Å². The molecule has 0 bridgehead atoms. The first kappa shape index (κ1) is 17.6. The molecular formula is C20H14FN3O4. The molecule has 28 heavy (non-hydrogen) atoms. The van der Waals surface area contributed by atoms with Crippen LogP contribution in [0, 0.1) is 12.7 Å². The summed E-state index contributed by atoms with van der Waals surface area (Å²) in [5.74, 6) is -2.03. The number of benzene rings is 1. The monoisotopic (exact) mass is 379 g/mol. The van der Waals surface area contributed by atoms with E-state index < -0.39 is 29.3 Å². The summed E-state index contributed by atoms with van der Waals surface area (Å²) in [4.78, 5) is 30.8. The van der Waals surface area contributed by atoms with Gasteiger partial charge in [-0.25, -0.2) is 4.39 Å². The molecule has 1 N–H and O–H groups in total. The zero-order valence-corrected chi connectivity index (χ0v) is 14.7. The predicted molar refractivity (Wildman–Crippen MR) is 96.7 cm³/mol. The molecule has 1 atom stereocenters. The maximum absolute atomic E-state index is 13.2. The van der Waals surface area contributed by atoms with Crippen molar-refractivity contribution in [1.82, 2.24) is 10.1 Å². The molecule has 0 saturated carbocycles. The third-order valence-corrected chi connectivity index (χ3v) is 4.42. The number of carbonyl (C=O) groups is 2. The Morgan fingerprint density at radius 1 is 1.21 bits per heavy atom. The number of Topliss-reactive ketones (excluding diaryl/α,β-unsaturated/α-hetero) is 1. The average molecular weight is 379 g/mol. The number of aromatic nitrogens is 2. The predicted octanol–water partition coefficient (Wildman–Crippen LogP) is 3.14. The fraction of sp³-hybridized carbons (Fsp3) is 0.100. The highest BCUT2D eigenvalue weighted by Crippen LogP contribution is 2.41. The second kappa shape index (κ2) is 6.73. The van der Waals surface area contributed by atoms with E-state index in [4.69, 9.17) is 4.52 Å². The first-order valence-corrected chi connectivity index (χ1v) is 8.37. The summed E-state index contributed by atoms with van der Waals surface area (Å²) in [6.45, 7) is 1.66. The Labute approximate surface area is 158 Å². The molecule has 3 heterocycles. The van der Waals surface area contributed by atoms with E-state index in [0.717, 1.165) is 17.0 Å². The normalized spacial score (nSPS) is 18.6. The number of aliphatic hydroxyl groups is 1. The van der Waals surface area contributed by atoms with E-state index >= 15 is 0 Å². The summed E-state index contributed by atoms with van der Waals surface area (Å²) in [5, 5.41) is 14.6. The molecule has 7 nitrogen and oxygen atoms in total. The van der Waals surface area contributed by atoms with Crippen LogP contribution in [0.1, 0.15) is 22.9 Å². The summed E-state index contributed by atoms with van der Waals surface area (Å²) in [5.41, 5.74) is 0.584. The molecule has 0 radical (unpaired) electrons. The molecule has 8 heteroatoms. The van der Waals surface area contributed by atoms with Crippen LogP contribution in [-0.2, 0) is 9.59 Å². The quantitative estimate of drug-likeness (QED) is 0.427. The van der Waals surface area contributed by atoms with Gasteiger partial charge < -0.3 is 9.63 Å². The van der Waals surface area contributed by atoms with E-state index in [1.165, 1.54) is 24.4 Å². The lowest BCUT2D eigenvalue weighted by molar-refractivity contribution is -0.132. The van der Waals surface area contributed by atoms with Crippen molar-refractivity contribution in [3.05, 3.63) is 83.1 Å². The molecule has 140 valence electrons. The van der Waals surface area contributed by atoms with Gasteiger partial charge in [0.1, 0.15) is 17.3 Å². The number of pyridine rings is 1. The van der Waals surface area contributed by atoms with Crippen LogP contribution < -0.4 is 4.90 Å². The highest BCUT2D eigenvalue weighted by Gasteiger charge is 2.48. The first-order chi connectivity index (χ1) is 13.5. The Morgan fingerprint density at radius 3 is 2.57 bits per heavy atom. The highest BCUT2D eigenvalue weighted by atomic mass is 19.1. The zero-order chi connectivity index (χ0) is 19.8. The second-order valence-corrected chi connectivity index (χ2v) is 6.26. The van der Waals surface area contributed by atoms with Gasteiger partial charge in [0, 0.05) is 24.0 Å². The second-order valence-electron chi connectivity index (χ2n) is 6.26. The van der Waals surface area contributed by atoms with Gasteiger partial charge in [-0.1, -0.05) is 11.2 Å². The number of rotatable bonds is 3. The molecule has 1 aromatic carbocycles. The SMILES string of the molecule is Cc1cc(N2C(=O)C(=O)C(=C(O)c3ccc(F)cc3)[C@@H]2c2cccnc2)no1. The lowest BCUT2D eigenvalue weighted by Crippen LogP contribution is -2.29. The molecule has 0 unspecified atom stereocenters. The number of anilines is 1. The van der Waals surface area contributed by atoms with E-state index in [0.29, 0.717) is 11.3 Å². The van der Waals surface area contributed by atoms with Crippen molar-refractivity contribution in [2.75, 3.05) is 4.90 Å². The van der Waals surface area contributed by atoms with Crippen LogP contribution >= 0.6 is 0 Å². The summed E-state index contributed by atoms with van der Waals surface area (Å²) < 4.78 is 18.3. The van der Waals surface area contributed by atoms with Crippen molar-refractivity contribution in [1.29, 1.82) is 0 Å². The molecular weight excluding hydrogens is 365 g/mol. The van der Waals surface area contributed by atoms with Crippen LogP contribution in [0.3, 0.4) is 0 Å². The number of hydrogen-bond donors (Lipinski definition) is 1. The van der Waals surface area contributed by atoms with Gasteiger partial charge in [-0.2, -0.15) is 0 Å². The lowest BCUT2D eigenvalue weighted by atomic mass is 9.96. The van der Waals surface area contributed by atoms with Crippen LogP contribution in [0.25, 0.3) is 5.76 Å². The van der Waals surface area contributed by atoms with Gasteiger partial charge in [-0.15, -0.1) is 0 Å². The van der Waals surface area contributed by atoms with Crippen molar-refractivity contribution in [2.24, 2.45) is 0 Å². The standard InChI is InChI=1S/C20H14FN3O4/c1-11-9-15(23-28-11)24-17(13-3-2-8-22-10-13)16(19(26)20(24)27)18(25)12-4-6-14(21)7-5-12/h2-10,17,25H,1H3/t17-/m0/s1. The summed E-state index contributed by atoms with van der Waals surface area (Å²) in [7, 11) is 0. The molecule has 4 rings (SSSR count). The minimum Gasteiger partial charge on any atom is -0.507 e. The first-order valence-electron chi connectivity index (χ1n) is 8.37. The van der Waals surface area contributed by atoms with Crippen molar-refractivity contribution in [3.8, 4) is 0 Å². The molecule has 3 aromatic rings. The molecule has 0 aliphatic carbocycles. The third-order valence-electron chi connectivity index (χ3n) is 4.42. The van der Waals surface area contributed by atoms with Gasteiger partial charge in [-0.3, -0.25) is 19.5 Å². The van der Waals surface area contributed by atoms with E-state index in [9.17, 15) is 19.1 Å². The zero-order valence-electron chi connectivity index (χ0n) is 14.7. The minimum absolute atomic E-state index is 0.134. The summed E-state index contributed by atoms with van der Waals surface area (Å²) >= 11 is 0. The summed E-state index contributed by atoms with van der Waals surface area (Å²) in [6, 6.07) is 8.88. The molecule has 1 amide bonds. The molecule has 0 spiro atoms. The Hall–Kier alpha value is -3.81. The molecule has 1 saturated heterocycles. The number of aryl methyl sites for hydroxylation is 1. The Morgan fingerprint density at radius 2 is 1.96 bits per heavy atom. The Bertz CT molecular complexity index is 1090. The van der Waals surface area contributed by atoms with Crippen molar-refractivity contribution < 1.29 is 23.6 Å². The smallest absolute Gasteiger partial charge is 0.301 e. The van der Waals surface area contributed by atoms with E-state index in [1.54, 1.807) is 25.3 Å². The number of aliphatic hydroxyl groups excluding tert-OH is 1. The summed E-state index contributed by atoms with van der Waals surface area (Å²) in [6.07, 6.45) is 3.05. The largest absolute Gasteiger partial charge is 0.507 e. The van der Waals surface area contributed by atoms with Crippen LogP contribution in [-0.4, -0.2) is 26.9 Å². The molecule has 1 aliphatic heterocycles. The molecule has 1 aliphatic rings. The minimum atomic E-state index is -0.955. The number of amides is 1. The number of nitrogens with zero attached hydrogens (tertiary/aromatic N) is 3. The fourth-order valence-corrected chi connectivity index (χ4v) is 3.15. The van der Waals surface area contributed by atoms with Crippen LogP contribution in [0.15, 0.2) is 65.0 Å². The maximum Gasteiger partial charge on any atom is 0.301 e. The average Bonchev–Trinajstić information content (AvgIpc) is 3.24. The van der Waals surface area contributed by atoms with Gasteiger partial charge in [0.2, 0.25) is 0 Å². The molecule has 2 aromatic heterocycles. The fourth-order valence-electron chi connectivity index (χ4n) is 3.15. The Balaban J connectivity index is 1.93. The van der Waals surface area contributed by atoms with E-state index in [1.807, 2.05) is 0 Å². The van der Waals surface area contributed by atoms with Gasteiger partial charge in [0.05, 0.1) is 11.6 Å². The number of ketones is 1. The highest BCUT2D eigenvalue weighted by molar-refractivity contribution is 6.51. The topological polar surface area (TPSA) is 96.5 Å². The van der Waals surface area contributed by atoms with Crippen LogP contribution in [0.4, 0.5) is 10.2 Å². The van der Waals surface area contributed by atoms with Gasteiger partial charge in [0.25, 0.3) is 5.78 Å². The maximum atomic E-state index is 13.2. The number of hydrogen-bond acceptors (Lipinski definition) is 6. The van der Waals surface area contributed by atoms with Crippen molar-refractivity contribution >= 4 is 23.3 Å². The van der Waals surface area contributed by atoms with Crippen LogP contribution in [0.5, 0.6) is 0 Å². The van der Waals surface area contributed by atoms with Crippen molar-refractivity contribution in [2.45, 2.75) is 13.0 Å². The van der Waals surface area contributed by atoms with Crippen LogP contribution in [0.2, 0.25) is 0 Å².